The Morgan fingerprint density at radius 2 is 1.86 bits per heavy atom. The third-order valence-electron chi connectivity index (χ3n) is 2.64. The van der Waals surface area contributed by atoms with E-state index in [0.717, 1.165) is 12.1 Å². The molecule has 4 N–H and O–H groups in total. The number of hydrazine groups is 1. The predicted molar refractivity (Wildman–Crippen MR) is 81.3 cm³/mol. The van der Waals surface area contributed by atoms with E-state index in [1.165, 1.54) is 18.2 Å². The molecule has 0 aromatic heterocycles. The molecule has 0 radical (unpaired) electrons. The van der Waals surface area contributed by atoms with Crippen molar-refractivity contribution in [2.75, 3.05) is 10.7 Å². The van der Waals surface area contributed by atoms with Gasteiger partial charge in [-0.2, -0.15) is 0 Å². The van der Waals surface area contributed by atoms with Crippen LogP contribution in [0, 0.1) is 11.6 Å². The Bertz CT molecular complexity index is 712. The van der Waals surface area contributed by atoms with Crippen molar-refractivity contribution in [2.24, 2.45) is 5.84 Å². The van der Waals surface area contributed by atoms with Crippen LogP contribution in [0.5, 0.6) is 0 Å². The summed E-state index contributed by atoms with van der Waals surface area (Å²) in [4.78, 5) is 12.1. The number of carbonyl (C=O) groups excluding carboxylic acids is 1. The molecule has 2 aromatic rings. The first kappa shape index (κ1) is 15.7. The Hall–Kier alpha value is -1.70. The Morgan fingerprint density at radius 1 is 1.14 bits per heavy atom. The van der Waals surface area contributed by atoms with Gasteiger partial charge in [-0.1, -0.05) is 11.6 Å². The largest absolute Gasteiger partial charge is 0.323 e. The lowest BCUT2D eigenvalue weighted by Crippen LogP contribution is -2.18. The molecule has 0 fully saturated rings. The zero-order chi connectivity index (χ0) is 15.6. The summed E-state index contributed by atoms with van der Waals surface area (Å²) in [7, 11) is 0. The molecule has 1 amide bonds. The highest BCUT2D eigenvalue weighted by atomic mass is 79.9. The average Bonchev–Trinajstić information content (AvgIpc) is 2.44. The number of halogens is 4. The second kappa shape index (κ2) is 6.38. The number of benzene rings is 2. The summed E-state index contributed by atoms with van der Waals surface area (Å²) in [5, 5.41) is 2.57. The molecule has 4 nitrogen and oxygen atoms in total. The van der Waals surface area contributed by atoms with E-state index in [2.05, 4.69) is 26.7 Å². The lowest BCUT2D eigenvalue weighted by atomic mass is 10.1. The van der Waals surface area contributed by atoms with Crippen LogP contribution in [0.3, 0.4) is 0 Å². The molecule has 0 aliphatic carbocycles. The fourth-order valence-corrected chi connectivity index (χ4v) is 2.13. The van der Waals surface area contributed by atoms with E-state index in [9.17, 15) is 13.6 Å². The van der Waals surface area contributed by atoms with Crippen LogP contribution in [0.2, 0.25) is 5.02 Å². The summed E-state index contributed by atoms with van der Waals surface area (Å²) < 4.78 is 27.1. The number of amides is 1. The topological polar surface area (TPSA) is 67.1 Å². The van der Waals surface area contributed by atoms with Crippen molar-refractivity contribution in [3.63, 3.8) is 0 Å². The molecule has 0 spiro atoms. The van der Waals surface area contributed by atoms with Crippen LogP contribution in [0.1, 0.15) is 10.4 Å². The second-order valence-electron chi connectivity index (χ2n) is 4.03. The highest BCUT2D eigenvalue weighted by Gasteiger charge is 2.15. The van der Waals surface area contributed by atoms with Crippen LogP contribution in [0.25, 0.3) is 0 Å². The monoisotopic (exact) mass is 375 g/mol. The number of nitrogen functional groups attached to an aromatic ring is 1. The Kier molecular flexibility index (Phi) is 4.76. The molecule has 8 heteroatoms. The molecule has 0 heterocycles. The SMILES string of the molecule is NNc1ccc(Cl)cc1C(=O)Nc1cc(F)c(Br)cc1F. The summed E-state index contributed by atoms with van der Waals surface area (Å²) in [6.07, 6.45) is 0. The van der Waals surface area contributed by atoms with E-state index < -0.39 is 17.5 Å². The van der Waals surface area contributed by atoms with Gasteiger partial charge in [0, 0.05) is 11.1 Å². The number of carbonyl (C=O) groups is 1. The van der Waals surface area contributed by atoms with Gasteiger partial charge in [0.2, 0.25) is 0 Å². The van der Waals surface area contributed by atoms with Gasteiger partial charge in [-0.3, -0.25) is 10.6 Å². The zero-order valence-corrected chi connectivity index (χ0v) is 12.7. The summed E-state index contributed by atoms with van der Waals surface area (Å²) >= 11 is 8.66. The van der Waals surface area contributed by atoms with Gasteiger partial charge in [-0.05, 0) is 40.2 Å². The Morgan fingerprint density at radius 3 is 2.52 bits per heavy atom. The van der Waals surface area contributed by atoms with Crippen molar-refractivity contribution in [2.45, 2.75) is 0 Å². The smallest absolute Gasteiger partial charge is 0.257 e. The summed E-state index contributed by atoms with van der Waals surface area (Å²) in [5.41, 5.74) is 2.45. The molecule has 0 aliphatic rings. The van der Waals surface area contributed by atoms with Crippen LogP contribution in [0.15, 0.2) is 34.8 Å². The molecule has 0 bridgehead atoms. The van der Waals surface area contributed by atoms with Crippen LogP contribution in [-0.2, 0) is 0 Å². The van der Waals surface area contributed by atoms with Gasteiger partial charge in [0.25, 0.3) is 5.91 Å². The van der Waals surface area contributed by atoms with E-state index in [1.807, 2.05) is 0 Å². The van der Waals surface area contributed by atoms with Crippen LogP contribution in [0.4, 0.5) is 20.2 Å². The molecule has 2 aromatic carbocycles. The van der Waals surface area contributed by atoms with Gasteiger partial charge in [0.15, 0.2) is 0 Å². The normalized spacial score (nSPS) is 10.3. The Balaban J connectivity index is 2.34. The predicted octanol–water partition coefficient (Wildman–Crippen LogP) is 3.92. The van der Waals surface area contributed by atoms with Gasteiger partial charge >= 0.3 is 0 Å². The van der Waals surface area contributed by atoms with Crippen molar-refractivity contribution >= 4 is 44.8 Å². The van der Waals surface area contributed by atoms with E-state index >= 15 is 0 Å². The van der Waals surface area contributed by atoms with Crippen molar-refractivity contribution in [3.05, 3.63) is 57.0 Å². The minimum Gasteiger partial charge on any atom is -0.323 e. The average molecular weight is 377 g/mol. The summed E-state index contributed by atoms with van der Waals surface area (Å²) in [6, 6.07) is 6.19. The van der Waals surface area contributed by atoms with Gasteiger partial charge < -0.3 is 10.7 Å². The molecule has 0 aliphatic heterocycles. The molecule has 110 valence electrons. The summed E-state index contributed by atoms with van der Waals surface area (Å²) in [5.74, 6) is 3.14. The molecule has 0 unspecified atom stereocenters. The molecule has 2 rings (SSSR count). The highest BCUT2D eigenvalue weighted by molar-refractivity contribution is 9.10. The van der Waals surface area contributed by atoms with Crippen LogP contribution in [-0.4, -0.2) is 5.91 Å². The maximum absolute atomic E-state index is 13.7. The highest BCUT2D eigenvalue weighted by Crippen LogP contribution is 2.25. The Labute approximate surface area is 132 Å². The third kappa shape index (κ3) is 3.49. The van der Waals surface area contributed by atoms with Crippen molar-refractivity contribution < 1.29 is 13.6 Å². The lowest BCUT2D eigenvalue weighted by molar-refractivity contribution is 0.102. The van der Waals surface area contributed by atoms with E-state index in [4.69, 9.17) is 17.4 Å². The first-order chi connectivity index (χ1) is 9.92. The summed E-state index contributed by atoms with van der Waals surface area (Å²) in [6.45, 7) is 0. The molecule has 0 saturated carbocycles. The van der Waals surface area contributed by atoms with Crippen molar-refractivity contribution in [1.82, 2.24) is 0 Å². The van der Waals surface area contributed by atoms with E-state index in [1.54, 1.807) is 0 Å². The minimum absolute atomic E-state index is 0.0370. The molecular formula is C13H9BrClF2N3O. The van der Waals surface area contributed by atoms with Crippen LogP contribution < -0.4 is 16.6 Å². The number of rotatable bonds is 3. The standard InChI is InChI=1S/C13H9BrClF2N3O/c14-8-4-10(17)12(5-9(8)16)19-13(21)7-3-6(15)1-2-11(7)20-18/h1-5,20H,18H2,(H,19,21). The minimum atomic E-state index is -0.777. The number of hydrogen-bond donors (Lipinski definition) is 3. The van der Waals surface area contributed by atoms with Gasteiger partial charge in [-0.15, -0.1) is 0 Å². The first-order valence-corrected chi connectivity index (χ1v) is 6.81. The quantitative estimate of drug-likeness (QED) is 0.432. The molecular weight excluding hydrogens is 368 g/mol. The van der Waals surface area contributed by atoms with Gasteiger partial charge in [0.05, 0.1) is 21.4 Å². The zero-order valence-electron chi connectivity index (χ0n) is 10.4. The number of nitrogens with two attached hydrogens (primary N) is 1. The molecule has 21 heavy (non-hydrogen) atoms. The number of hydrogen-bond acceptors (Lipinski definition) is 3. The van der Waals surface area contributed by atoms with Crippen molar-refractivity contribution in [1.29, 1.82) is 0 Å². The molecule has 0 atom stereocenters. The third-order valence-corrected chi connectivity index (χ3v) is 3.48. The molecule has 0 saturated heterocycles. The maximum atomic E-state index is 13.7. The lowest BCUT2D eigenvalue weighted by Gasteiger charge is -2.11. The maximum Gasteiger partial charge on any atom is 0.257 e. The van der Waals surface area contributed by atoms with E-state index in [0.29, 0.717) is 10.7 Å². The van der Waals surface area contributed by atoms with Gasteiger partial charge in [0.1, 0.15) is 11.6 Å². The van der Waals surface area contributed by atoms with Crippen LogP contribution >= 0.6 is 27.5 Å². The number of anilines is 2. The fraction of sp³-hybridized carbons (Fsp3) is 0. The fourth-order valence-electron chi connectivity index (χ4n) is 1.64. The van der Waals surface area contributed by atoms with E-state index in [-0.39, 0.29) is 15.7 Å². The number of nitrogens with one attached hydrogen (secondary N) is 2. The van der Waals surface area contributed by atoms with Crippen molar-refractivity contribution in [3.8, 4) is 0 Å². The first-order valence-electron chi connectivity index (χ1n) is 5.64. The second-order valence-corrected chi connectivity index (χ2v) is 5.33. The van der Waals surface area contributed by atoms with Gasteiger partial charge in [-0.25, -0.2) is 8.78 Å².